The highest BCUT2D eigenvalue weighted by Crippen LogP contribution is 2.72. The van der Waals surface area contributed by atoms with Gasteiger partial charge >= 0.3 is 51.3 Å². The molecule has 0 aromatic heterocycles. The van der Waals surface area contributed by atoms with Gasteiger partial charge in [-0.3, -0.25) is 0 Å². The second-order valence-electron chi connectivity index (χ2n) is 16.3. The van der Waals surface area contributed by atoms with Crippen LogP contribution in [0.2, 0.25) is 0 Å². The van der Waals surface area contributed by atoms with Crippen LogP contribution in [0.25, 0.3) is 0 Å². The minimum absolute atomic E-state index is 0.369. The molecule has 0 amide bonds. The third-order valence-corrected chi connectivity index (χ3v) is 12.5. The van der Waals surface area contributed by atoms with E-state index in [0.29, 0.717) is 0 Å². The largest absolute Gasteiger partial charge is 0.482 e. The van der Waals surface area contributed by atoms with E-state index in [-0.39, 0.29) is 17.2 Å². The number of halogens is 9. The average Bonchev–Trinajstić information content (AvgIpc) is 3.12. The van der Waals surface area contributed by atoms with Gasteiger partial charge in [0.1, 0.15) is 34.1 Å². The molecule has 0 aliphatic heterocycles. The monoisotopic (exact) mass is 952 g/mol. The van der Waals surface area contributed by atoms with Gasteiger partial charge in [0.2, 0.25) is 0 Å². The lowest BCUT2D eigenvalue weighted by atomic mass is 10.1. The lowest BCUT2D eigenvalue weighted by molar-refractivity contribution is -0.382. The number of rotatable bonds is 17. The minimum Gasteiger partial charge on any atom is -0.482 e. The lowest BCUT2D eigenvalue weighted by Gasteiger charge is -2.41. The van der Waals surface area contributed by atoms with Crippen molar-refractivity contribution < 1.29 is 94.4 Å². The molecule has 23 heteroatoms. The van der Waals surface area contributed by atoms with Crippen molar-refractivity contribution in [1.82, 2.24) is 0 Å². The van der Waals surface area contributed by atoms with E-state index in [1.807, 2.05) is 0 Å². The van der Waals surface area contributed by atoms with Crippen molar-refractivity contribution in [2.75, 3.05) is 19.8 Å². The standard InChI is InChI=1S/C40H45F9O12S2/c1-34(2,3)58-31(50)22-55-25-13-10-16-28(19-25)62(29-17-11-14-26(20-29)56-23-32(51)59-35(4,5)6,30-18-12-15-27(21-30)57-24-33(52)60-36(7,8)9)61-63(53,54)40(48,49)38(43,44)37(41,42)39(45,46)47/h10-21H,22-24H2,1-9H3. The first-order valence-corrected chi connectivity index (χ1v) is 21.2. The zero-order chi connectivity index (χ0) is 48.3. The van der Waals surface area contributed by atoms with Gasteiger partial charge in [-0.1, -0.05) is 18.2 Å². The molecule has 0 spiro atoms. The summed E-state index contributed by atoms with van der Waals surface area (Å²) >= 11 is 0. The van der Waals surface area contributed by atoms with Crippen molar-refractivity contribution in [3.63, 3.8) is 0 Å². The maximum atomic E-state index is 15.7. The number of esters is 3. The molecule has 0 radical (unpaired) electrons. The molecule has 0 saturated carbocycles. The van der Waals surface area contributed by atoms with Crippen LogP contribution in [0, 0.1) is 0 Å². The number of hydrogen-bond donors (Lipinski definition) is 0. The lowest BCUT2D eigenvalue weighted by Crippen LogP contribution is -2.63. The number of carbonyl (C=O) groups excluding carboxylic acids is 3. The van der Waals surface area contributed by atoms with Gasteiger partial charge in [0.25, 0.3) is 0 Å². The number of ether oxygens (including phenoxy) is 6. The zero-order valence-corrected chi connectivity index (χ0v) is 36.8. The van der Waals surface area contributed by atoms with Gasteiger partial charge in [-0.2, -0.15) is 47.9 Å². The molecule has 0 aliphatic rings. The van der Waals surface area contributed by atoms with Crippen LogP contribution in [-0.2, 0) is 42.3 Å². The Morgan fingerprint density at radius 3 is 1.02 bits per heavy atom. The summed E-state index contributed by atoms with van der Waals surface area (Å²) in [6, 6.07) is 12.2. The minimum atomic E-state index is -7.71. The van der Waals surface area contributed by atoms with Crippen LogP contribution in [0.3, 0.4) is 0 Å². The van der Waals surface area contributed by atoms with Gasteiger partial charge in [-0.05, 0) is 127 Å². The number of hydrogen-bond acceptors (Lipinski definition) is 12. The normalized spacial score (nSPS) is 13.7. The SMILES string of the molecule is CC(C)(C)OC(=O)COc1cccc(S(OS(=O)(=O)C(F)(F)C(F)(F)C(F)(F)C(F)(F)F)(c2cccc(OCC(=O)OC(C)(C)C)c2)c2cccc(OCC(=O)OC(C)(C)C)c2)c1. The van der Waals surface area contributed by atoms with Gasteiger partial charge in [-0.25, -0.2) is 18.0 Å². The van der Waals surface area contributed by atoms with E-state index in [1.165, 1.54) is 62.3 Å². The first kappa shape index (κ1) is 52.4. The van der Waals surface area contributed by atoms with E-state index >= 15 is 8.78 Å². The van der Waals surface area contributed by atoms with E-state index in [0.717, 1.165) is 72.8 Å². The number of carbonyl (C=O) groups is 3. The fourth-order valence-corrected chi connectivity index (χ4v) is 10.3. The van der Waals surface area contributed by atoms with Crippen molar-refractivity contribution in [1.29, 1.82) is 0 Å². The number of alkyl halides is 9. The van der Waals surface area contributed by atoms with E-state index in [2.05, 4.69) is 0 Å². The van der Waals surface area contributed by atoms with Crippen LogP contribution in [0.1, 0.15) is 62.3 Å². The molecule has 0 saturated heterocycles. The average molecular weight is 953 g/mol. The van der Waals surface area contributed by atoms with Crippen molar-refractivity contribution in [2.45, 2.75) is 117 Å². The molecule has 0 unspecified atom stereocenters. The fraction of sp³-hybridized carbons (Fsp3) is 0.475. The molecule has 0 bridgehead atoms. The Morgan fingerprint density at radius 2 is 0.762 bits per heavy atom. The summed E-state index contributed by atoms with van der Waals surface area (Å²) in [5, 5.41) is -7.35. The summed E-state index contributed by atoms with van der Waals surface area (Å²) in [5.74, 6) is -19.3. The Kier molecular flexibility index (Phi) is 15.5. The van der Waals surface area contributed by atoms with Gasteiger partial charge in [0, 0.05) is 14.7 Å². The van der Waals surface area contributed by atoms with E-state index in [1.54, 1.807) is 0 Å². The second kappa shape index (κ2) is 18.7. The Labute approximate surface area is 358 Å². The van der Waals surface area contributed by atoms with Crippen LogP contribution in [0.5, 0.6) is 17.2 Å². The predicted octanol–water partition coefficient (Wildman–Crippen LogP) is 9.82. The van der Waals surface area contributed by atoms with Crippen LogP contribution >= 0.6 is 10.3 Å². The molecular weight excluding hydrogens is 908 g/mol. The molecule has 0 N–H and O–H groups in total. The summed E-state index contributed by atoms with van der Waals surface area (Å²) in [6.45, 7) is 11.3. The molecule has 352 valence electrons. The van der Waals surface area contributed by atoms with Crippen molar-refractivity contribution in [3.8, 4) is 17.2 Å². The third-order valence-electron chi connectivity index (χ3n) is 7.36. The molecule has 0 atom stereocenters. The first-order valence-electron chi connectivity index (χ1n) is 18.3. The zero-order valence-electron chi connectivity index (χ0n) is 35.2. The van der Waals surface area contributed by atoms with Crippen LogP contribution < -0.4 is 14.2 Å². The van der Waals surface area contributed by atoms with Crippen LogP contribution in [0.4, 0.5) is 39.5 Å². The van der Waals surface area contributed by atoms with Gasteiger partial charge in [-0.15, -0.1) is 0 Å². The molecule has 0 heterocycles. The molecule has 12 nitrogen and oxygen atoms in total. The quantitative estimate of drug-likeness (QED) is 0.0720. The van der Waals surface area contributed by atoms with E-state index < -0.39 is 113 Å². The fourth-order valence-electron chi connectivity index (χ4n) is 4.99. The van der Waals surface area contributed by atoms with Crippen molar-refractivity contribution >= 4 is 38.3 Å². The Bertz CT molecular complexity index is 2050. The molecule has 63 heavy (non-hydrogen) atoms. The summed E-state index contributed by atoms with van der Waals surface area (Å²) in [7, 11) is -12.5. The number of benzene rings is 3. The van der Waals surface area contributed by atoms with Gasteiger partial charge in [0.05, 0.1) is 0 Å². The Morgan fingerprint density at radius 1 is 0.476 bits per heavy atom. The summed E-state index contributed by atoms with van der Waals surface area (Å²) < 4.78 is 194. The molecular formula is C40H45F9O12S2. The highest BCUT2D eigenvalue weighted by atomic mass is 32.3. The highest BCUT2D eigenvalue weighted by molar-refractivity contribution is 8.33. The topological polar surface area (TPSA) is 150 Å². The maximum Gasteiger partial charge on any atom is 0.460 e. The Balaban J connectivity index is 2.45. The summed E-state index contributed by atoms with van der Waals surface area (Å²) in [4.78, 5) is 35.7. The van der Waals surface area contributed by atoms with E-state index in [4.69, 9.17) is 32.1 Å². The Hall–Kier alpha value is -4.90. The summed E-state index contributed by atoms with van der Waals surface area (Å²) in [5.41, 5.74) is -3.02. The summed E-state index contributed by atoms with van der Waals surface area (Å²) in [6.07, 6.45) is -7.40. The maximum absolute atomic E-state index is 15.7. The second-order valence-corrected chi connectivity index (χ2v) is 20.8. The van der Waals surface area contributed by atoms with Crippen LogP contribution in [-0.4, -0.2) is 86.2 Å². The molecule has 0 aliphatic carbocycles. The van der Waals surface area contributed by atoms with Gasteiger partial charge in [0.15, 0.2) is 19.8 Å². The van der Waals surface area contributed by atoms with Gasteiger partial charge < -0.3 is 28.4 Å². The first-order chi connectivity index (χ1) is 28.4. The van der Waals surface area contributed by atoms with E-state index in [9.17, 15) is 53.5 Å². The van der Waals surface area contributed by atoms with Crippen molar-refractivity contribution in [3.05, 3.63) is 72.8 Å². The smallest absolute Gasteiger partial charge is 0.460 e. The highest BCUT2D eigenvalue weighted by Gasteiger charge is 2.86. The van der Waals surface area contributed by atoms with Crippen LogP contribution in [0.15, 0.2) is 87.5 Å². The predicted molar refractivity (Wildman–Crippen MR) is 207 cm³/mol. The molecule has 0 fully saturated rings. The molecule has 3 aromatic rings. The van der Waals surface area contributed by atoms with Crippen molar-refractivity contribution in [2.24, 2.45) is 0 Å². The third kappa shape index (κ3) is 13.1. The molecule has 3 rings (SSSR count). The molecule has 3 aromatic carbocycles.